The van der Waals surface area contributed by atoms with Crippen molar-refractivity contribution in [1.82, 2.24) is 14.7 Å². The van der Waals surface area contributed by atoms with Crippen LogP contribution in [0.2, 0.25) is 0 Å². The fourth-order valence-electron chi connectivity index (χ4n) is 3.37. The Morgan fingerprint density at radius 3 is 2.57 bits per heavy atom. The Bertz CT molecular complexity index is 380. The van der Waals surface area contributed by atoms with Crippen LogP contribution in [0.5, 0.6) is 0 Å². The van der Waals surface area contributed by atoms with Crippen LogP contribution < -0.4 is 0 Å². The van der Waals surface area contributed by atoms with Gasteiger partial charge in [-0.15, -0.1) is 18.3 Å². The zero-order chi connectivity index (χ0) is 15.5. The number of thioether (sulfide) groups is 1. The molecular formula is C16H29N3OS. The van der Waals surface area contributed by atoms with Crippen molar-refractivity contribution >= 4 is 17.7 Å². The highest BCUT2D eigenvalue weighted by Crippen LogP contribution is 2.32. The molecule has 2 heterocycles. The summed E-state index contributed by atoms with van der Waals surface area (Å²) in [6, 6.07) is 0. The maximum absolute atomic E-state index is 12.6. The minimum atomic E-state index is 0.0368. The van der Waals surface area contributed by atoms with Crippen molar-refractivity contribution in [1.29, 1.82) is 0 Å². The third-order valence-corrected chi connectivity index (χ3v) is 6.17. The second-order valence-electron chi connectivity index (χ2n) is 6.47. The molecule has 0 N–H and O–H groups in total. The number of carbonyl (C=O) groups is 1. The number of piperazine rings is 1. The molecule has 1 atom stereocenters. The molecular weight excluding hydrogens is 282 g/mol. The van der Waals surface area contributed by atoms with Crippen LogP contribution in [0.25, 0.3) is 0 Å². The molecule has 2 aliphatic rings. The van der Waals surface area contributed by atoms with Gasteiger partial charge in [-0.1, -0.05) is 6.08 Å². The summed E-state index contributed by atoms with van der Waals surface area (Å²) >= 11 is 1.68. The summed E-state index contributed by atoms with van der Waals surface area (Å²) < 4.78 is 0. The molecule has 0 radical (unpaired) electrons. The van der Waals surface area contributed by atoms with Crippen molar-refractivity contribution < 1.29 is 4.79 Å². The van der Waals surface area contributed by atoms with Gasteiger partial charge < -0.3 is 9.80 Å². The van der Waals surface area contributed by atoms with Gasteiger partial charge in [-0.3, -0.25) is 9.69 Å². The number of rotatable bonds is 4. The molecule has 2 aliphatic heterocycles. The molecule has 0 aromatic rings. The average molecular weight is 311 g/mol. The second kappa shape index (κ2) is 7.16. The molecule has 0 unspecified atom stereocenters. The summed E-state index contributed by atoms with van der Waals surface area (Å²) in [5, 5.41) is 0.0368. The van der Waals surface area contributed by atoms with E-state index in [0.29, 0.717) is 5.91 Å². The van der Waals surface area contributed by atoms with Crippen molar-refractivity contribution in [2.75, 3.05) is 52.6 Å². The first-order chi connectivity index (χ1) is 9.98. The lowest BCUT2D eigenvalue weighted by Crippen LogP contribution is -2.65. The normalized spacial score (nSPS) is 25.0. The minimum Gasteiger partial charge on any atom is -0.339 e. The first-order valence-corrected chi connectivity index (χ1v) is 8.94. The number of amides is 1. The van der Waals surface area contributed by atoms with E-state index in [0.717, 1.165) is 51.3 Å². The van der Waals surface area contributed by atoms with Crippen LogP contribution in [0.15, 0.2) is 12.7 Å². The second-order valence-corrected chi connectivity index (χ2v) is 7.85. The highest BCUT2D eigenvalue weighted by molar-refractivity contribution is 8.00. The van der Waals surface area contributed by atoms with Gasteiger partial charge in [0.25, 0.3) is 0 Å². The van der Waals surface area contributed by atoms with Crippen molar-refractivity contribution in [3.8, 4) is 0 Å². The number of hydrogen-bond acceptors (Lipinski definition) is 4. The highest BCUT2D eigenvalue weighted by atomic mass is 32.2. The number of likely N-dealkylation sites (N-methyl/N-ethyl adjacent to an activating group) is 1. The van der Waals surface area contributed by atoms with E-state index in [1.54, 1.807) is 11.8 Å². The fraction of sp³-hybridized carbons (Fsp3) is 0.812. The van der Waals surface area contributed by atoms with Gasteiger partial charge in [0, 0.05) is 30.9 Å². The molecule has 2 fully saturated rings. The van der Waals surface area contributed by atoms with Crippen molar-refractivity contribution in [2.45, 2.75) is 30.6 Å². The Hall–Kier alpha value is -0.520. The number of piperidine rings is 1. The Kier molecular flexibility index (Phi) is 5.74. The average Bonchev–Trinajstić information content (AvgIpc) is 2.49. The molecule has 0 aromatic heterocycles. The van der Waals surface area contributed by atoms with Gasteiger partial charge in [0.2, 0.25) is 5.91 Å². The van der Waals surface area contributed by atoms with Gasteiger partial charge in [0.15, 0.2) is 0 Å². The van der Waals surface area contributed by atoms with Crippen LogP contribution in [-0.2, 0) is 4.79 Å². The van der Waals surface area contributed by atoms with Crippen LogP contribution in [0.4, 0.5) is 0 Å². The molecule has 4 nitrogen and oxygen atoms in total. The van der Waals surface area contributed by atoms with E-state index >= 15 is 0 Å². The smallest absolute Gasteiger partial charge is 0.235 e. The van der Waals surface area contributed by atoms with Crippen LogP contribution in [0.1, 0.15) is 19.8 Å². The maximum Gasteiger partial charge on any atom is 0.235 e. The van der Waals surface area contributed by atoms with Gasteiger partial charge in [0.05, 0.1) is 5.25 Å². The molecule has 2 saturated heterocycles. The van der Waals surface area contributed by atoms with Crippen molar-refractivity contribution in [3.05, 3.63) is 12.7 Å². The predicted octanol–water partition coefficient (Wildman–Crippen LogP) is 1.53. The monoisotopic (exact) mass is 311 g/mol. The van der Waals surface area contributed by atoms with E-state index in [9.17, 15) is 4.79 Å². The standard InChI is InChI=1S/C16H29N3OS/c1-5-12-21-14(2)15(20)19-11-10-18(4)16(13-19)6-8-17(3)9-7-16/h5,14H,1,6-13H2,2-4H3/t14-/m1/s1. The molecule has 0 bridgehead atoms. The van der Waals surface area contributed by atoms with Gasteiger partial charge in [-0.25, -0.2) is 0 Å². The summed E-state index contributed by atoms with van der Waals surface area (Å²) in [6.07, 6.45) is 4.20. The number of carbonyl (C=O) groups excluding carboxylic acids is 1. The van der Waals surface area contributed by atoms with E-state index in [2.05, 4.69) is 35.4 Å². The number of likely N-dealkylation sites (tertiary alicyclic amines) is 1. The Morgan fingerprint density at radius 2 is 1.95 bits per heavy atom. The van der Waals surface area contributed by atoms with Crippen LogP contribution >= 0.6 is 11.8 Å². The lowest BCUT2D eigenvalue weighted by molar-refractivity contribution is -0.137. The summed E-state index contributed by atoms with van der Waals surface area (Å²) in [5.41, 5.74) is 0.198. The number of hydrogen-bond donors (Lipinski definition) is 0. The largest absolute Gasteiger partial charge is 0.339 e. The third-order valence-electron chi connectivity index (χ3n) is 5.04. The predicted molar refractivity (Wildman–Crippen MR) is 90.8 cm³/mol. The van der Waals surface area contributed by atoms with E-state index < -0.39 is 0 Å². The van der Waals surface area contributed by atoms with E-state index in [-0.39, 0.29) is 10.8 Å². The zero-order valence-electron chi connectivity index (χ0n) is 13.7. The molecule has 1 amide bonds. The van der Waals surface area contributed by atoms with Crippen LogP contribution in [0, 0.1) is 0 Å². The SMILES string of the molecule is C=CCS[C@H](C)C(=O)N1CCN(C)C2(CCN(C)CC2)C1. The minimum absolute atomic E-state index is 0.0368. The summed E-state index contributed by atoms with van der Waals surface area (Å²) in [7, 11) is 4.41. The first-order valence-electron chi connectivity index (χ1n) is 7.89. The summed E-state index contributed by atoms with van der Waals surface area (Å²) in [6.45, 7) is 10.8. The van der Waals surface area contributed by atoms with Crippen LogP contribution in [-0.4, -0.2) is 84.0 Å². The van der Waals surface area contributed by atoms with Gasteiger partial charge in [-0.2, -0.15) is 0 Å². The lowest BCUT2D eigenvalue weighted by atomic mass is 9.84. The van der Waals surface area contributed by atoms with Crippen molar-refractivity contribution in [2.24, 2.45) is 0 Å². The number of nitrogens with zero attached hydrogens (tertiary/aromatic N) is 3. The lowest BCUT2D eigenvalue weighted by Gasteiger charge is -2.53. The topological polar surface area (TPSA) is 26.8 Å². The van der Waals surface area contributed by atoms with E-state index in [1.165, 1.54) is 0 Å². The molecule has 0 aromatic carbocycles. The molecule has 1 spiro atoms. The highest BCUT2D eigenvalue weighted by Gasteiger charge is 2.43. The Labute approximate surface area is 133 Å². The summed E-state index contributed by atoms with van der Waals surface area (Å²) in [4.78, 5) is 19.6. The maximum atomic E-state index is 12.6. The van der Waals surface area contributed by atoms with Gasteiger partial charge in [-0.05, 0) is 47.0 Å². The Morgan fingerprint density at radius 1 is 1.29 bits per heavy atom. The summed E-state index contributed by atoms with van der Waals surface area (Å²) in [5.74, 6) is 1.14. The Balaban J connectivity index is 1.99. The molecule has 21 heavy (non-hydrogen) atoms. The van der Waals surface area contributed by atoms with Crippen LogP contribution in [0.3, 0.4) is 0 Å². The van der Waals surface area contributed by atoms with Gasteiger partial charge in [0.1, 0.15) is 0 Å². The fourth-order valence-corrected chi connectivity index (χ4v) is 4.08. The zero-order valence-corrected chi connectivity index (χ0v) is 14.5. The molecule has 2 rings (SSSR count). The molecule has 0 aliphatic carbocycles. The first kappa shape index (κ1) is 16.8. The third kappa shape index (κ3) is 3.82. The van der Waals surface area contributed by atoms with Gasteiger partial charge >= 0.3 is 0 Å². The van der Waals surface area contributed by atoms with E-state index in [4.69, 9.17) is 0 Å². The molecule has 0 saturated carbocycles. The molecule has 5 heteroatoms. The van der Waals surface area contributed by atoms with E-state index in [1.807, 2.05) is 13.0 Å². The van der Waals surface area contributed by atoms with Crippen molar-refractivity contribution in [3.63, 3.8) is 0 Å². The molecule has 120 valence electrons. The quantitative estimate of drug-likeness (QED) is 0.736.